The summed E-state index contributed by atoms with van der Waals surface area (Å²) in [6.45, 7) is 2.03. The van der Waals surface area contributed by atoms with Gasteiger partial charge in [-0.1, -0.05) is 11.8 Å². The van der Waals surface area contributed by atoms with Gasteiger partial charge in [0.25, 0.3) is 0 Å². The largest absolute Gasteiger partial charge is 0.490 e. The van der Waals surface area contributed by atoms with Crippen molar-refractivity contribution in [2.45, 2.75) is 30.8 Å². The van der Waals surface area contributed by atoms with E-state index in [0.717, 1.165) is 0 Å². The van der Waals surface area contributed by atoms with Crippen molar-refractivity contribution in [3.8, 4) is 0 Å². The van der Waals surface area contributed by atoms with Crippen LogP contribution in [0.1, 0.15) is 23.7 Å². The number of ether oxygens (including phenoxy) is 1. The van der Waals surface area contributed by atoms with Gasteiger partial charge in [-0.2, -0.15) is 13.2 Å². The van der Waals surface area contributed by atoms with Crippen LogP contribution in [0.3, 0.4) is 0 Å². The molecule has 35 heavy (non-hydrogen) atoms. The zero-order valence-corrected chi connectivity index (χ0v) is 20.2. The van der Waals surface area contributed by atoms with Crippen LogP contribution in [-0.2, 0) is 23.9 Å². The molecular weight excluding hydrogens is 495 g/mol. The van der Waals surface area contributed by atoms with Gasteiger partial charge in [0.1, 0.15) is 0 Å². The van der Waals surface area contributed by atoms with Crippen molar-refractivity contribution >= 4 is 46.3 Å². The summed E-state index contributed by atoms with van der Waals surface area (Å²) >= 11 is 1.24. The van der Waals surface area contributed by atoms with E-state index in [1.807, 2.05) is 0 Å². The first kappa shape index (κ1) is 29.9. The number of amides is 2. The Morgan fingerprint density at radius 3 is 2.14 bits per heavy atom. The molecule has 1 aliphatic heterocycles. The molecule has 1 fully saturated rings. The Kier molecular flexibility index (Phi) is 11.2. The predicted molar refractivity (Wildman–Crippen MR) is 121 cm³/mol. The molecule has 1 aliphatic rings. The van der Waals surface area contributed by atoms with Gasteiger partial charge in [-0.15, -0.1) is 0 Å². The van der Waals surface area contributed by atoms with Crippen LogP contribution >= 0.6 is 11.8 Å². The van der Waals surface area contributed by atoms with Crippen molar-refractivity contribution in [1.82, 2.24) is 10.2 Å². The third-order valence-electron chi connectivity index (χ3n) is 4.76. The lowest BCUT2D eigenvalue weighted by Gasteiger charge is -2.24. The number of nitrogens with one attached hydrogen (secondary N) is 1. The number of aliphatic carboxylic acids is 1. The summed E-state index contributed by atoms with van der Waals surface area (Å²) in [5.74, 6) is -3.63. The monoisotopic (exact) mass is 521 g/mol. The maximum absolute atomic E-state index is 12.6. The van der Waals surface area contributed by atoms with Gasteiger partial charge in [-0.05, 0) is 30.7 Å². The van der Waals surface area contributed by atoms with Crippen LogP contribution in [0.15, 0.2) is 24.3 Å². The lowest BCUT2D eigenvalue weighted by molar-refractivity contribution is -0.192. The molecule has 1 heterocycles. The molecular formula is C21H26F3N3O7S. The SMILES string of the molecule is COC(=O)c1ccc(N(C)C(=O)CN(C)C(=O)[C@@H]2C[C@@H](SC(C)=O)CN2)cc1.O=C(O)C(F)(F)F. The quantitative estimate of drug-likeness (QED) is 0.535. The van der Waals surface area contributed by atoms with E-state index in [2.05, 4.69) is 10.1 Å². The number of carbonyl (C=O) groups excluding carboxylic acids is 4. The van der Waals surface area contributed by atoms with Gasteiger partial charge in [-0.3, -0.25) is 14.4 Å². The van der Waals surface area contributed by atoms with E-state index in [4.69, 9.17) is 9.90 Å². The van der Waals surface area contributed by atoms with Crippen LogP contribution < -0.4 is 10.2 Å². The Bertz CT molecular complexity index is 941. The topological polar surface area (TPSA) is 133 Å². The molecule has 0 saturated carbocycles. The summed E-state index contributed by atoms with van der Waals surface area (Å²) in [6, 6.07) is 6.06. The van der Waals surface area contributed by atoms with Crippen LogP contribution in [0.4, 0.5) is 18.9 Å². The van der Waals surface area contributed by atoms with Gasteiger partial charge in [0.2, 0.25) is 11.8 Å². The van der Waals surface area contributed by atoms with Crippen molar-refractivity contribution in [2.24, 2.45) is 0 Å². The summed E-state index contributed by atoms with van der Waals surface area (Å²) in [5.41, 5.74) is 1.00. The highest BCUT2D eigenvalue weighted by Crippen LogP contribution is 2.22. The fourth-order valence-corrected chi connectivity index (χ4v) is 3.89. The van der Waals surface area contributed by atoms with E-state index >= 15 is 0 Å². The van der Waals surface area contributed by atoms with Crippen molar-refractivity contribution in [1.29, 1.82) is 0 Å². The molecule has 0 radical (unpaired) electrons. The fraction of sp³-hybridized carbons (Fsp3) is 0.476. The molecule has 0 bridgehead atoms. The number of carbonyl (C=O) groups is 5. The number of anilines is 1. The van der Waals surface area contributed by atoms with Gasteiger partial charge in [0.15, 0.2) is 5.12 Å². The number of nitrogens with zero attached hydrogens (tertiary/aromatic N) is 2. The third kappa shape index (κ3) is 9.56. The minimum atomic E-state index is -5.08. The summed E-state index contributed by atoms with van der Waals surface area (Å²) < 4.78 is 36.4. The normalized spacial score (nSPS) is 17.0. The number of esters is 1. The number of likely N-dealkylation sites (N-methyl/N-ethyl adjacent to an activating group) is 2. The minimum absolute atomic E-state index is 0.0308. The number of methoxy groups -OCH3 is 1. The van der Waals surface area contributed by atoms with Crippen molar-refractivity contribution in [2.75, 3.05) is 39.2 Å². The molecule has 1 aromatic rings. The summed E-state index contributed by atoms with van der Waals surface area (Å²) in [4.78, 5) is 59.5. The number of benzene rings is 1. The van der Waals surface area contributed by atoms with E-state index in [-0.39, 0.29) is 34.8 Å². The molecule has 0 aliphatic carbocycles. The van der Waals surface area contributed by atoms with E-state index in [0.29, 0.717) is 24.2 Å². The highest BCUT2D eigenvalue weighted by molar-refractivity contribution is 8.14. The number of hydrogen-bond acceptors (Lipinski definition) is 8. The Labute approximate surface area is 203 Å². The van der Waals surface area contributed by atoms with Gasteiger partial charge in [-0.25, -0.2) is 9.59 Å². The second kappa shape index (κ2) is 13.1. The van der Waals surface area contributed by atoms with Crippen LogP contribution in [0.2, 0.25) is 0 Å². The molecule has 1 saturated heterocycles. The average Bonchev–Trinajstić information content (AvgIpc) is 3.24. The molecule has 10 nitrogen and oxygen atoms in total. The highest BCUT2D eigenvalue weighted by Gasteiger charge is 2.38. The summed E-state index contributed by atoms with van der Waals surface area (Å²) in [6.07, 6.45) is -4.52. The summed E-state index contributed by atoms with van der Waals surface area (Å²) in [5, 5.41) is 10.3. The number of alkyl halides is 3. The Hall–Kier alpha value is -3.13. The zero-order valence-electron chi connectivity index (χ0n) is 19.4. The average molecular weight is 522 g/mol. The molecule has 0 spiro atoms. The number of thioether (sulfide) groups is 1. The third-order valence-corrected chi connectivity index (χ3v) is 5.79. The fourth-order valence-electron chi connectivity index (χ4n) is 2.95. The standard InChI is InChI=1S/C19H25N3O5S.C2HF3O2/c1-12(23)28-15-9-16(20-10-15)18(25)21(2)11-17(24)22(3)14-7-5-13(6-8-14)19(26)27-4;3-2(4,5)1(6)7/h5-8,15-16,20H,9-11H2,1-4H3;(H,6,7)/t15-,16+;/m1./s1. The van der Waals surface area contributed by atoms with E-state index in [1.165, 1.54) is 35.6 Å². The minimum Gasteiger partial charge on any atom is -0.475 e. The second-order valence-corrected chi connectivity index (χ2v) is 8.89. The van der Waals surface area contributed by atoms with Crippen LogP contribution in [0.25, 0.3) is 0 Å². The molecule has 194 valence electrons. The lowest BCUT2D eigenvalue weighted by atomic mass is 10.2. The van der Waals surface area contributed by atoms with Crippen molar-refractivity contribution < 1.29 is 47.0 Å². The molecule has 1 aromatic carbocycles. The van der Waals surface area contributed by atoms with Gasteiger partial charge >= 0.3 is 18.1 Å². The van der Waals surface area contributed by atoms with E-state index < -0.39 is 18.1 Å². The first-order valence-corrected chi connectivity index (χ1v) is 11.0. The van der Waals surface area contributed by atoms with E-state index in [1.54, 1.807) is 38.4 Å². The number of halogens is 3. The maximum Gasteiger partial charge on any atom is 0.490 e. The Morgan fingerprint density at radius 2 is 1.69 bits per heavy atom. The predicted octanol–water partition coefficient (Wildman–Crippen LogP) is 1.54. The van der Waals surface area contributed by atoms with Crippen LogP contribution in [0.5, 0.6) is 0 Å². The van der Waals surface area contributed by atoms with E-state index in [9.17, 15) is 32.3 Å². The number of carboxylic acids is 1. The van der Waals surface area contributed by atoms with Crippen LogP contribution in [-0.4, -0.2) is 90.6 Å². The van der Waals surface area contributed by atoms with Crippen LogP contribution in [0, 0.1) is 0 Å². The number of carboxylic acid groups (broad SMARTS) is 1. The molecule has 2 N–H and O–H groups in total. The first-order chi connectivity index (χ1) is 16.2. The number of hydrogen-bond donors (Lipinski definition) is 2. The Morgan fingerprint density at radius 1 is 1.14 bits per heavy atom. The second-order valence-electron chi connectivity index (χ2n) is 7.42. The van der Waals surface area contributed by atoms with Crippen molar-refractivity contribution in [3.63, 3.8) is 0 Å². The van der Waals surface area contributed by atoms with Gasteiger partial charge < -0.3 is 25.0 Å². The zero-order chi connectivity index (χ0) is 26.9. The number of rotatable bonds is 6. The molecule has 2 amide bonds. The summed E-state index contributed by atoms with van der Waals surface area (Å²) in [7, 11) is 4.50. The molecule has 0 unspecified atom stereocenters. The molecule has 2 rings (SSSR count). The smallest absolute Gasteiger partial charge is 0.475 e. The lowest BCUT2D eigenvalue weighted by Crippen LogP contribution is -2.46. The maximum atomic E-state index is 12.6. The molecule has 2 atom stereocenters. The van der Waals surface area contributed by atoms with Gasteiger partial charge in [0, 0.05) is 38.5 Å². The highest BCUT2D eigenvalue weighted by atomic mass is 32.2. The van der Waals surface area contributed by atoms with Gasteiger partial charge in [0.05, 0.1) is 25.3 Å². The molecule has 14 heteroatoms. The first-order valence-electron chi connectivity index (χ1n) is 10.1. The van der Waals surface area contributed by atoms with Crippen molar-refractivity contribution in [3.05, 3.63) is 29.8 Å². The molecule has 0 aromatic heterocycles. The Balaban J connectivity index is 0.000000762.